The molecule has 0 N–H and O–H groups in total. The van der Waals surface area contributed by atoms with E-state index in [1.165, 1.54) is 0 Å². The van der Waals surface area contributed by atoms with Gasteiger partial charge in [-0.25, -0.2) is 4.98 Å². The summed E-state index contributed by atoms with van der Waals surface area (Å²) in [7, 11) is 0. The van der Waals surface area contributed by atoms with Crippen LogP contribution in [-0.2, 0) is 24.1 Å². The Kier molecular flexibility index (Phi) is 6.05. The number of aryl methyl sites for hydroxylation is 1. The first-order valence-corrected chi connectivity index (χ1v) is 12.3. The van der Waals surface area contributed by atoms with Gasteiger partial charge in [-0.1, -0.05) is 66.7 Å². The smallest absolute Gasteiger partial charge is 0.257 e. The molecule has 2 heterocycles. The summed E-state index contributed by atoms with van der Waals surface area (Å²) in [6, 6.07) is 24.0. The summed E-state index contributed by atoms with van der Waals surface area (Å²) < 4.78 is 1.83. The van der Waals surface area contributed by atoms with Crippen LogP contribution >= 0.6 is 11.3 Å². The zero-order valence-corrected chi connectivity index (χ0v) is 19.4. The van der Waals surface area contributed by atoms with Crippen LogP contribution in [0.4, 0.5) is 0 Å². The lowest BCUT2D eigenvalue weighted by atomic mass is 9.83. The first kappa shape index (κ1) is 21.5. The fraction of sp³-hybridized carbons (Fsp3) is 0.250. The van der Waals surface area contributed by atoms with E-state index >= 15 is 0 Å². The van der Waals surface area contributed by atoms with Gasteiger partial charge in [0.2, 0.25) is 0 Å². The van der Waals surface area contributed by atoms with E-state index in [1.54, 1.807) is 11.3 Å². The molecule has 4 aromatic rings. The number of nitrogens with zero attached hydrogens (tertiary/aromatic N) is 2. The van der Waals surface area contributed by atoms with E-state index in [2.05, 4.69) is 24.3 Å². The maximum Gasteiger partial charge on any atom is 0.257 e. The van der Waals surface area contributed by atoms with Crippen LogP contribution in [-0.4, -0.2) is 15.3 Å². The third-order valence-corrected chi connectivity index (χ3v) is 7.40. The Bertz CT molecular complexity index is 1270. The highest BCUT2D eigenvalue weighted by Gasteiger charge is 2.30. The third kappa shape index (κ3) is 4.33. The Morgan fingerprint density at radius 1 is 1.03 bits per heavy atom. The highest BCUT2D eigenvalue weighted by Crippen LogP contribution is 2.29. The quantitative estimate of drug-likeness (QED) is 0.404. The normalized spacial score (nSPS) is 15.4. The summed E-state index contributed by atoms with van der Waals surface area (Å²) in [5, 5.41) is 2.00. The van der Waals surface area contributed by atoms with E-state index < -0.39 is 0 Å². The topological polar surface area (TPSA) is 52.0 Å². The van der Waals surface area contributed by atoms with Crippen LogP contribution in [0.15, 0.2) is 83.0 Å². The molecule has 33 heavy (non-hydrogen) atoms. The molecular formula is C28H26N2O2S. The predicted octanol–water partition coefficient (Wildman–Crippen LogP) is 5.17. The monoisotopic (exact) mass is 454 g/mol. The minimum absolute atomic E-state index is 0.0133. The SMILES string of the molecule is Cc1nc2c(c(=O)n1C(c1ccccc1)c1ccccc1)CCC(C(=O)Cc1cccs1)C2. The van der Waals surface area contributed by atoms with Gasteiger partial charge in [0.1, 0.15) is 11.6 Å². The summed E-state index contributed by atoms with van der Waals surface area (Å²) >= 11 is 1.62. The molecule has 166 valence electrons. The van der Waals surface area contributed by atoms with Crippen LogP contribution in [0.5, 0.6) is 0 Å². The van der Waals surface area contributed by atoms with E-state index in [4.69, 9.17) is 4.98 Å². The number of Topliss-reactive ketones (excluding diaryl/α,β-unsaturated/α-hetero) is 1. The van der Waals surface area contributed by atoms with Gasteiger partial charge in [0, 0.05) is 22.8 Å². The van der Waals surface area contributed by atoms with Crippen LogP contribution in [0.3, 0.4) is 0 Å². The second kappa shape index (κ2) is 9.28. The van der Waals surface area contributed by atoms with Crippen molar-refractivity contribution in [2.75, 3.05) is 0 Å². The van der Waals surface area contributed by atoms with Crippen molar-refractivity contribution in [3.63, 3.8) is 0 Å². The number of rotatable bonds is 6. The van der Waals surface area contributed by atoms with E-state index in [1.807, 2.05) is 65.4 Å². The molecular weight excluding hydrogens is 428 g/mol. The number of carbonyl (C=O) groups excluding carboxylic acids is 1. The summed E-state index contributed by atoms with van der Waals surface area (Å²) in [5.74, 6) is 0.863. The molecule has 0 amide bonds. The van der Waals surface area contributed by atoms with Crippen LogP contribution in [0.25, 0.3) is 0 Å². The fourth-order valence-electron chi connectivity index (χ4n) is 4.88. The van der Waals surface area contributed by atoms with Gasteiger partial charge < -0.3 is 0 Å². The van der Waals surface area contributed by atoms with Gasteiger partial charge >= 0.3 is 0 Å². The van der Waals surface area contributed by atoms with E-state index in [0.29, 0.717) is 31.5 Å². The number of fused-ring (bicyclic) bond motifs is 1. The molecule has 5 heteroatoms. The Morgan fingerprint density at radius 3 is 2.30 bits per heavy atom. The lowest BCUT2D eigenvalue weighted by molar-refractivity contribution is -0.122. The highest BCUT2D eigenvalue weighted by molar-refractivity contribution is 7.10. The number of carbonyl (C=O) groups is 1. The molecule has 0 aliphatic heterocycles. The Morgan fingerprint density at radius 2 is 1.70 bits per heavy atom. The molecule has 1 unspecified atom stereocenters. The molecule has 1 atom stereocenters. The van der Waals surface area contributed by atoms with E-state index in [9.17, 15) is 9.59 Å². The number of aromatic nitrogens is 2. The Hall–Kier alpha value is -3.31. The van der Waals surface area contributed by atoms with Crippen LogP contribution in [0, 0.1) is 12.8 Å². The largest absolute Gasteiger partial charge is 0.299 e. The average Bonchev–Trinajstić information content (AvgIpc) is 3.35. The van der Waals surface area contributed by atoms with Crippen molar-refractivity contribution in [3.05, 3.63) is 122 Å². The summed E-state index contributed by atoms with van der Waals surface area (Å²) in [6.45, 7) is 1.90. The van der Waals surface area contributed by atoms with Gasteiger partial charge in [-0.15, -0.1) is 11.3 Å². The number of thiophene rings is 1. The first-order chi connectivity index (χ1) is 16.1. The van der Waals surface area contributed by atoms with E-state index in [-0.39, 0.29) is 23.3 Å². The molecule has 0 fully saturated rings. The van der Waals surface area contributed by atoms with Crippen molar-refractivity contribution in [3.8, 4) is 0 Å². The highest BCUT2D eigenvalue weighted by atomic mass is 32.1. The van der Waals surface area contributed by atoms with Crippen molar-refractivity contribution in [2.45, 2.75) is 38.6 Å². The van der Waals surface area contributed by atoms with Crippen molar-refractivity contribution in [1.82, 2.24) is 9.55 Å². The van der Waals surface area contributed by atoms with Crippen LogP contribution in [0.2, 0.25) is 0 Å². The van der Waals surface area contributed by atoms with Crippen molar-refractivity contribution >= 4 is 17.1 Å². The lowest BCUT2D eigenvalue weighted by Crippen LogP contribution is -2.36. The number of hydrogen-bond donors (Lipinski definition) is 0. The van der Waals surface area contributed by atoms with Crippen molar-refractivity contribution in [1.29, 1.82) is 0 Å². The zero-order chi connectivity index (χ0) is 22.8. The molecule has 0 saturated carbocycles. The van der Waals surface area contributed by atoms with Gasteiger partial charge in [-0.05, 0) is 48.8 Å². The molecule has 0 bridgehead atoms. The summed E-state index contributed by atoms with van der Waals surface area (Å²) in [5.41, 5.74) is 3.67. The van der Waals surface area contributed by atoms with Gasteiger partial charge in [0.15, 0.2) is 0 Å². The maximum atomic E-state index is 13.8. The average molecular weight is 455 g/mol. The molecule has 0 saturated heterocycles. The minimum atomic E-state index is -0.240. The van der Waals surface area contributed by atoms with Gasteiger partial charge in [0.05, 0.1) is 11.7 Å². The zero-order valence-electron chi connectivity index (χ0n) is 18.6. The molecule has 0 spiro atoms. The van der Waals surface area contributed by atoms with Crippen molar-refractivity contribution in [2.24, 2.45) is 5.92 Å². The van der Waals surface area contributed by atoms with Gasteiger partial charge in [0.25, 0.3) is 5.56 Å². The van der Waals surface area contributed by atoms with Crippen LogP contribution in [0.1, 0.15) is 45.5 Å². The number of benzene rings is 2. The minimum Gasteiger partial charge on any atom is -0.299 e. The Labute approximate surface area is 197 Å². The second-order valence-electron chi connectivity index (χ2n) is 8.65. The van der Waals surface area contributed by atoms with Gasteiger partial charge in [-0.2, -0.15) is 0 Å². The summed E-state index contributed by atoms with van der Waals surface area (Å²) in [6.07, 6.45) is 2.33. The van der Waals surface area contributed by atoms with Crippen molar-refractivity contribution < 1.29 is 4.79 Å². The molecule has 4 nitrogen and oxygen atoms in total. The third-order valence-electron chi connectivity index (χ3n) is 6.53. The standard InChI is InChI=1S/C28H26N2O2S/c1-19-29-25-17-22(26(31)18-23-13-8-16-33-23)14-15-24(25)28(32)30(19)27(20-9-4-2-5-10-20)21-11-6-3-7-12-21/h2-13,16,22,27H,14-15,17-18H2,1H3. The van der Waals surface area contributed by atoms with Gasteiger partial charge in [-0.3, -0.25) is 14.2 Å². The number of ketones is 1. The second-order valence-corrected chi connectivity index (χ2v) is 9.68. The molecule has 5 rings (SSSR count). The predicted molar refractivity (Wildman–Crippen MR) is 132 cm³/mol. The molecule has 1 aliphatic rings. The maximum absolute atomic E-state index is 13.8. The first-order valence-electron chi connectivity index (χ1n) is 11.4. The molecule has 0 radical (unpaired) electrons. The molecule has 2 aromatic heterocycles. The Balaban J connectivity index is 1.52. The van der Waals surface area contributed by atoms with Crippen LogP contribution < -0.4 is 5.56 Å². The molecule has 1 aliphatic carbocycles. The number of hydrogen-bond acceptors (Lipinski definition) is 4. The summed E-state index contributed by atoms with van der Waals surface area (Å²) in [4.78, 5) is 32.7. The lowest BCUT2D eigenvalue weighted by Gasteiger charge is -2.27. The molecule has 2 aromatic carbocycles. The van der Waals surface area contributed by atoms with E-state index in [0.717, 1.165) is 27.3 Å². The fourth-order valence-corrected chi connectivity index (χ4v) is 5.59.